The fourth-order valence-electron chi connectivity index (χ4n) is 0.219. The standard InChI is InChI=1S/C4H3BrN2/c5-4-1-2-6-3-7-4/h1-3H/i1D,2D. The lowest BCUT2D eigenvalue weighted by Gasteiger charge is -1.79. The lowest BCUT2D eigenvalue weighted by atomic mass is 10.7. The van der Waals surface area contributed by atoms with E-state index in [4.69, 9.17) is 2.74 Å². The number of aromatic nitrogens is 2. The van der Waals surface area contributed by atoms with Gasteiger partial charge in [-0.05, 0) is 22.0 Å². The van der Waals surface area contributed by atoms with Crippen LogP contribution in [-0.2, 0) is 0 Å². The summed E-state index contributed by atoms with van der Waals surface area (Å²) in [4.78, 5) is 7.12. The molecular formula is C4H3BrN2. The van der Waals surface area contributed by atoms with Gasteiger partial charge >= 0.3 is 0 Å². The molecule has 36 valence electrons. The average molecular weight is 161 g/mol. The van der Waals surface area contributed by atoms with Gasteiger partial charge < -0.3 is 0 Å². The van der Waals surface area contributed by atoms with Crippen LogP contribution in [0.1, 0.15) is 2.74 Å². The predicted molar refractivity (Wildman–Crippen MR) is 29.7 cm³/mol. The Morgan fingerprint density at radius 1 is 1.86 bits per heavy atom. The topological polar surface area (TPSA) is 25.8 Å². The van der Waals surface area contributed by atoms with Gasteiger partial charge in [-0.2, -0.15) is 0 Å². The molecule has 1 aromatic rings. The van der Waals surface area contributed by atoms with E-state index in [1.807, 2.05) is 0 Å². The highest BCUT2D eigenvalue weighted by atomic mass is 79.9. The molecule has 0 fully saturated rings. The maximum absolute atomic E-state index is 7.08. The fraction of sp³-hybridized carbons (Fsp3) is 0. The number of hydrogen-bond donors (Lipinski definition) is 0. The van der Waals surface area contributed by atoms with Crippen LogP contribution in [0.4, 0.5) is 0 Å². The molecule has 3 heteroatoms. The lowest BCUT2D eigenvalue weighted by Crippen LogP contribution is -1.72. The number of hydrogen-bond acceptors (Lipinski definition) is 2. The summed E-state index contributed by atoms with van der Waals surface area (Å²) in [5, 5.41) is 0. The SMILES string of the molecule is [2H]c1ncnc(Br)c1[2H]. The average Bonchev–Trinajstić information content (AvgIpc) is 1.83. The van der Waals surface area contributed by atoms with Crippen LogP contribution in [0.2, 0.25) is 0 Å². The Morgan fingerprint density at radius 3 is 3.29 bits per heavy atom. The Bertz CT molecular complexity index is 208. The van der Waals surface area contributed by atoms with Crippen molar-refractivity contribution in [3.05, 3.63) is 23.1 Å². The first-order valence-electron chi connectivity index (χ1n) is 2.65. The first kappa shape index (κ1) is 2.77. The summed E-state index contributed by atoms with van der Waals surface area (Å²) in [5.74, 6) is 0. The zero-order chi connectivity index (χ0) is 6.85. The van der Waals surface area contributed by atoms with Crippen molar-refractivity contribution in [2.45, 2.75) is 0 Å². The van der Waals surface area contributed by atoms with Crippen molar-refractivity contribution in [2.75, 3.05) is 0 Å². The molecule has 0 spiro atoms. The fourth-order valence-corrected chi connectivity index (χ4v) is 0.399. The van der Waals surface area contributed by atoms with E-state index >= 15 is 0 Å². The maximum atomic E-state index is 7.08. The van der Waals surface area contributed by atoms with E-state index in [1.165, 1.54) is 6.33 Å². The number of nitrogens with zero attached hydrogens (tertiary/aromatic N) is 2. The summed E-state index contributed by atoms with van der Waals surface area (Å²) in [6.07, 6.45) is 1.18. The molecule has 0 bridgehead atoms. The van der Waals surface area contributed by atoms with Crippen molar-refractivity contribution < 1.29 is 2.74 Å². The molecule has 2 nitrogen and oxygen atoms in total. The third-order valence-electron chi connectivity index (χ3n) is 0.452. The third-order valence-corrected chi connectivity index (χ3v) is 0.855. The highest BCUT2D eigenvalue weighted by Gasteiger charge is 1.76. The van der Waals surface area contributed by atoms with Gasteiger partial charge in [0.25, 0.3) is 0 Å². The van der Waals surface area contributed by atoms with Crippen LogP contribution >= 0.6 is 15.9 Å². The minimum Gasteiger partial charge on any atom is -0.245 e. The maximum Gasteiger partial charge on any atom is 0.116 e. The van der Waals surface area contributed by atoms with E-state index in [1.54, 1.807) is 0 Å². The summed E-state index contributed by atoms with van der Waals surface area (Å²) < 4.78 is 14.4. The summed E-state index contributed by atoms with van der Waals surface area (Å²) in [7, 11) is 0. The third kappa shape index (κ3) is 1.23. The predicted octanol–water partition coefficient (Wildman–Crippen LogP) is 1.24. The molecule has 0 aliphatic carbocycles. The van der Waals surface area contributed by atoms with Crippen LogP contribution in [0.3, 0.4) is 0 Å². The van der Waals surface area contributed by atoms with E-state index in [-0.39, 0.29) is 12.2 Å². The van der Waals surface area contributed by atoms with E-state index in [9.17, 15) is 0 Å². The van der Waals surface area contributed by atoms with Crippen molar-refractivity contribution in [1.29, 1.82) is 0 Å². The molecule has 0 saturated carbocycles. The Morgan fingerprint density at radius 2 is 2.71 bits per heavy atom. The van der Waals surface area contributed by atoms with Crippen LogP contribution in [0.5, 0.6) is 0 Å². The second-order valence-electron chi connectivity index (χ2n) is 0.901. The van der Waals surface area contributed by atoms with Crippen molar-refractivity contribution in [3.8, 4) is 0 Å². The second kappa shape index (κ2) is 2.02. The number of halogens is 1. The van der Waals surface area contributed by atoms with E-state index in [2.05, 4.69) is 25.9 Å². The van der Waals surface area contributed by atoms with Gasteiger partial charge in [0, 0.05) is 6.17 Å². The molecule has 0 aliphatic rings. The lowest BCUT2D eigenvalue weighted by molar-refractivity contribution is 1.14. The molecule has 0 saturated heterocycles. The first-order chi connectivity index (χ1) is 4.22. The van der Waals surface area contributed by atoms with Gasteiger partial charge in [-0.25, -0.2) is 9.97 Å². The molecule has 1 heterocycles. The zero-order valence-electron chi connectivity index (χ0n) is 5.35. The Kier molecular flexibility index (Phi) is 0.800. The van der Waals surface area contributed by atoms with Gasteiger partial charge in [0.05, 0.1) is 2.74 Å². The zero-order valence-corrected chi connectivity index (χ0v) is 4.94. The van der Waals surface area contributed by atoms with Gasteiger partial charge in [-0.3, -0.25) is 0 Å². The summed E-state index contributed by atoms with van der Waals surface area (Å²) in [6, 6.07) is 0.0255. The molecule has 0 N–H and O–H groups in total. The van der Waals surface area contributed by atoms with Crippen molar-refractivity contribution in [3.63, 3.8) is 0 Å². The molecule has 7 heavy (non-hydrogen) atoms. The molecule has 0 aromatic carbocycles. The molecule has 0 aliphatic heterocycles. The summed E-state index contributed by atoms with van der Waals surface area (Å²) in [5.41, 5.74) is 0. The highest BCUT2D eigenvalue weighted by molar-refractivity contribution is 9.10. The van der Waals surface area contributed by atoms with Gasteiger partial charge in [0.2, 0.25) is 0 Å². The van der Waals surface area contributed by atoms with Gasteiger partial charge in [-0.15, -0.1) is 0 Å². The van der Waals surface area contributed by atoms with Gasteiger partial charge in [0.15, 0.2) is 0 Å². The highest BCUT2D eigenvalue weighted by Crippen LogP contribution is 1.98. The van der Waals surface area contributed by atoms with Crippen LogP contribution in [0, 0.1) is 0 Å². The smallest absolute Gasteiger partial charge is 0.116 e. The minimum absolute atomic E-state index is 0.0255. The van der Waals surface area contributed by atoms with Crippen molar-refractivity contribution in [1.82, 2.24) is 9.97 Å². The minimum atomic E-state index is -0.0584. The summed E-state index contributed by atoms with van der Waals surface area (Å²) in [6.45, 7) is 0. The molecule has 1 rings (SSSR count). The Balaban J connectivity index is 3.25. The molecule has 1 aromatic heterocycles. The van der Waals surface area contributed by atoms with Gasteiger partial charge in [-0.1, -0.05) is 0 Å². The normalized spacial score (nSPS) is 12.7. The van der Waals surface area contributed by atoms with E-state index < -0.39 is 0 Å². The molecule has 0 unspecified atom stereocenters. The van der Waals surface area contributed by atoms with Crippen LogP contribution in [-0.4, -0.2) is 9.97 Å². The van der Waals surface area contributed by atoms with Crippen LogP contribution in [0.15, 0.2) is 23.1 Å². The van der Waals surface area contributed by atoms with Crippen molar-refractivity contribution in [2.24, 2.45) is 0 Å². The number of rotatable bonds is 0. The second-order valence-corrected chi connectivity index (χ2v) is 1.65. The quantitative estimate of drug-likeness (QED) is 0.535. The largest absolute Gasteiger partial charge is 0.245 e. The van der Waals surface area contributed by atoms with Crippen LogP contribution < -0.4 is 0 Å². The first-order valence-corrected chi connectivity index (χ1v) is 2.45. The van der Waals surface area contributed by atoms with Crippen molar-refractivity contribution >= 4 is 15.9 Å². The molecule has 0 amide bonds. The van der Waals surface area contributed by atoms with Crippen LogP contribution in [0.25, 0.3) is 0 Å². The Labute approximate surface area is 52.5 Å². The molecule has 0 atom stereocenters. The molecular weight excluding hydrogens is 156 g/mol. The van der Waals surface area contributed by atoms with E-state index in [0.29, 0.717) is 4.60 Å². The molecule has 0 radical (unpaired) electrons. The Hall–Kier alpha value is -0.440. The van der Waals surface area contributed by atoms with E-state index in [0.717, 1.165) is 0 Å². The summed E-state index contributed by atoms with van der Waals surface area (Å²) >= 11 is 2.99. The van der Waals surface area contributed by atoms with Gasteiger partial charge in [0.1, 0.15) is 10.9 Å². The monoisotopic (exact) mass is 160 g/mol.